The Hall–Kier alpha value is -1.02. The lowest BCUT2D eigenvalue weighted by Crippen LogP contribution is -2.31. The predicted molar refractivity (Wildman–Crippen MR) is 85.4 cm³/mol. The molecule has 2 unspecified atom stereocenters. The zero-order chi connectivity index (χ0) is 14.4. The van der Waals surface area contributed by atoms with Crippen LogP contribution in [0.4, 0.5) is 0 Å². The Balaban J connectivity index is 2.14. The van der Waals surface area contributed by atoms with Crippen LogP contribution in [0.5, 0.6) is 5.75 Å². The van der Waals surface area contributed by atoms with Crippen molar-refractivity contribution in [2.75, 3.05) is 13.7 Å². The highest BCUT2D eigenvalue weighted by molar-refractivity contribution is 5.31. The minimum atomic E-state index is 0.573. The van der Waals surface area contributed by atoms with Crippen molar-refractivity contribution in [1.82, 2.24) is 5.32 Å². The van der Waals surface area contributed by atoms with Crippen LogP contribution in [0.2, 0.25) is 0 Å². The molecule has 1 aromatic rings. The number of methoxy groups -OCH3 is 1. The third kappa shape index (κ3) is 4.24. The minimum absolute atomic E-state index is 0.573. The molecule has 0 amide bonds. The molecule has 0 aliphatic heterocycles. The molecule has 20 heavy (non-hydrogen) atoms. The second-order valence-electron chi connectivity index (χ2n) is 6.34. The van der Waals surface area contributed by atoms with Crippen molar-refractivity contribution in [3.05, 3.63) is 29.8 Å². The van der Waals surface area contributed by atoms with Crippen molar-refractivity contribution in [2.45, 2.75) is 57.9 Å². The quantitative estimate of drug-likeness (QED) is 0.806. The van der Waals surface area contributed by atoms with E-state index >= 15 is 0 Å². The zero-order valence-electron chi connectivity index (χ0n) is 13.2. The van der Waals surface area contributed by atoms with E-state index in [-0.39, 0.29) is 0 Å². The maximum absolute atomic E-state index is 5.39. The zero-order valence-corrected chi connectivity index (χ0v) is 13.2. The largest absolute Gasteiger partial charge is 0.497 e. The highest BCUT2D eigenvalue weighted by Crippen LogP contribution is 2.37. The first kappa shape index (κ1) is 15.4. The molecule has 2 atom stereocenters. The average molecular weight is 275 g/mol. The molecule has 1 aliphatic carbocycles. The van der Waals surface area contributed by atoms with Crippen molar-refractivity contribution < 1.29 is 4.74 Å². The monoisotopic (exact) mass is 275 g/mol. The van der Waals surface area contributed by atoms with E-state index < -0.39 is 0 Å². The molecule has 0 spiro atoms. The molecule has 2 rings (SSSR count). The van der Waals surface area contributed by atoms with E-state index in [9.17, 15) is 0 Å². The Morgan fingerprint density at radius 3 is 2.75 bits per heavy atom. The fourth-order valence-electron chi connectivity index (χ4n) is 3.33. The van der Waals surface area contributed by atoms with Gasteiger partial charge in [-0.25, -0.2) is 0 Å². The van der Waals surface area contributed by atoms with Gasteiger partial charge in [-0.15, -0.1) is 0 Å². The summed E-state index contributed by atoms with van der Waals surface area (Å²) in [4.78, 5) is 0. The molecule has 2 nitrogen and oxygen atoms in total. The van der Waals surface area contributed by atoms with E-state index in [1.54, 1.807) is 7.11 Å². The second-order valence-corrected chi connectivity index (χ2v) is 6.34. The summed E-state index contributed by atoms with van der Waals surface area (Å²) in [5.74, 6) is 2.42. The molecule has 1 aliphatic rings. The molecule has 1 saturated carbocycles. The van der Waals surface area contributed by atoms with Crippen molar-refractivity contribution in [2.24, 2.45) is 5.92 Å². The lowest BCUT2D eigenvalue weighted by atomic mass is 9.82. The van der Waals surface area contributed by atoms with Gasteiger partial charge >= 0.3 is 0 Å². The van der Waals surface area contributed by atoms with Crippen LogP contribution >= 0.6 is 0 Å². The van der Waals surface area contributed by atoms with Crippen LogP contribution in [0.25, 0.3) is 0 Å². The topological polar surface area (TPSA) is 21.3 Å². The van der Waals surface area contributed by atoms with E-state index in [1.807, 2.05) is 6.07 Å². The van der Waals surface area contributed by atoms with Gasteiger partial charge in [0.25, 0.3) is 0 Å². The van der Waals surface area contributed by atoms with Crippen molar-refractivity contribution in [3.8, 4) is 5.75 Å². The summed E-state index contributed by atoms with van der Waals surface area (Å²) in [7, 11) is 1.75. The highest BCUT2D eigenvalue weighted by Gasteiger charge is 2.25. The molecule has 112 valence electrons. The van der Waals surface area contributed by atoms with Crippen LogP contribution in [0.3, 0.4) is 0 Å². The first-order valence-electron chi connectivity index (χ1n) is 8.08. The lowest BCUT2D eigenvalue weighted by Gasteiger charge is -2.27. The highest BCUT2D eigenvalue weighted by atomic mass is 16.5. The van der Waals surface area contributed by atoms with Crippen molar-refractivity contribution in [3.63, 3.8) is 0 Å². The van der Waals surface area contributed by atoms with Gasteiger partial charge in [0.1, 0.15) is 5.75 Å². The van der Waals surface area contributed by atoms with Gasteiger partial charge in [0.15, 0.2) is 0 Å². The summed E-state index contributed by atoms with van der Waals surface area (Å²) < 4.78 is 5.39. The SMILES string of the molecule is COc1cccc(C2CCCCCC2CNC(C)C)c1. The Morgan fingerprint density at radius 1 is 1.20 bits per heavy atom. The van der Waals surface area contributed by atoms with Crippen molar-refractivity contribution in [1.29, 1.82) is 0 Å². The number of ether oxygens (including phenoxy) is 1. The van der Waals surface area contributed by atoms with Crippen LogP contribution in [-0.2, 0) is 0 Å². The molecule has 0 bridgehead atoms. The maximum Gasteiger partial charge on any atom is 0.119 e. The van der Waals surface area contributed by atoms with E-state index in [0.717, 1.165) is 18.2 Å². The fourth-order valence-corrected chi connectivity index (χ4v) is 3.33. The molecule has 0 radical (unpaired) electrons. The summed E-state index contributed by atoms with van der Waals surface area (Å²) in [6, 6.07) is 9.26. The normalized spacial score (nSPS) is 23.6. The Labute approximate surface area is 123 Å². The van der Waals surface area contributed by atoms with Gasteiger partial charge in [0, 0.05) is 6.04 Å². The Morgan fingerprint density at radius 2 is 2.00 bits per heavy atom. The number of hydrogen-bond donors (Lipinski definition) is 1. The van der Waals surface area contributed by atoms with E-state index in [0.29, 0.717) is 12.0 Å². The first-order valence-corrected chi connectivity index (χ1v) is 8.08. The molecule has 0 heterocycles. The molecule has 1 fully saturated rings. The summed E-state index contributed by atoms with van der Waals surface area (Å²) in [5, 5.41) is 3.64. The third-order valence-corrected chi connectivity index (χ3v) is 4.47. The van der Waals surface area contributed by atoms with E-state index in [1.165, 1.54) is 37.7 Å². The predicted octanol–water partition coefficient (Wildman–Crippen LogP) is 4.36. The molecular weight excluding hydrogens is 246 g/mol. The molecule has 1 N–H and O–H groups in total. The Kier molecular flexibility index (Phi) is 5.90. The number of nitrogens with one attached hydrogen (secondary N) is 1. The first-order chi connectivity index (χ1) is 9.70. The van der Waals surface area contributed by atoms with Crippen LogP contribution in [0.15, 0.2) is 24.3 Å². The van der Waals surface area contributed by atoms with Gasteiger partial charge < -0.3 is 10.1 Å². The minimum Gasteiger partial charge on any atom is -0.497 e. The van der Waals surface area contributed by atoms with E-state index in [2.05, 4.69) is 37.4 Å². The second kappa shape index (κ2) is 7.68. The molecule has 0 aromatic heterocycles. The fraction of sp³-hybridized carbons (Fsp3) is 0.667. The van der Waals surface area contributed by atoms with Crippen LogP contribution in [0, 0.1) is 5.92 Å². The summed E-state index contributed by atoms with van der Waals surface area (Å²) in [5.41, 5.74) is 1.46. The van der Waals surface area contributed by atoms with Gasteiger partial charge in [-0.3, -0.25) is 0 Å². The molecule has 2 heteroatoms. The standard InChI is InChI=1S/C18H29NO/c1-14(2)19-13-16-8-5-4-6-11-18(16)15-9-7-10-17(12-15)20-3/h7,9-10,12,14,16,18-19H,4-6,8,11,13H2,1-3H3. The Bertz CT molecular complexity index is 402. The number of rotatable bonds is 5. The number of hydrogen-bond acceptors (Lipinski definition) is 2. The van der Waals surface area contributed by atoms with Gasteiger partial charge in [0.05, 0.1) is 7.11 Å². The maximum atomic E-state index is 5.39. The third-order valence-electron chi connectivity index (χ3n) is 4.47. The number of benzene rings is 1. The molecule has 0 saturated heterocycles. The van der Waals surface area contributed by atoms with Crippen LogP contribution in [-0.4, -0.2) is 19.7 Å². The van der Waals surface area contributed by atoms with Gasteiger partial charge in [0.2, 0.25) is 0 Å². The van der Waals surface area contributed by atoms with E-state index in [4.69, 9.17) is 4.74 Å². The van der Waals surface area contributed by atoms with Crippen LogP contribution in [0.1, 0.15) is 57.4 Å². The van der Waals surface area contributed by atoms with Gasteiger partial charge in [-0.2, -0.15) is 0 Å². The average Bonchev–Trinajstić information content (AvgIpc) is 2.70. The van der Waals surface area contributed by atoms with Gasteiger partial charge in [-0.05, 0) is 48.9 Å². The smallest absolute Gasteiger partial charge is 0.119 e. The summed E-state index contributed by atoms with van der Waals surface area (Å²) in [6.45, 7) is 5.61. The van der Waals surface area contributed by atoms with Crippen molar-refractivity contribution >= 4 is 0 Å². The summed E-state index contributed by atoms with van der Waals surface area (Å²) >= 11 is 0. The molecular formula is C18H29NO. The van der Waals surface area contributed by atoms with Gasteiger partial charge in [-0.1, -0.05) is 45.2 Å². The summed E-state index contributed by atoms with van der Waals surface area (Å²) in [6.07, 6.45) is 6.79. The molecule has 1 aromatic carbocycles. The van der Waals surface area contributed by atoms with Crippen LogP contribution < -0.4 is 10.1 Å². The lowest BCUT2D eigenvalue weighted by molar-refractivity contribution is 0.361.